The molecule has 27 heavy (non-hydrogen) atoms. The largest absolute Gasteiger partial charge is 0.468 e. The van der Waals surface area contributed by atoms with Crippen molar-refractivity contribution in [1.29, 1.82) is 0 Å². The fourth-order valence-electron chi connectivity index (χ4n) is 4.39. The lowest BCUT2D eigenvalue weighted by molar-refractivity contribution is -0.153. The fourth-order valence-corrected chi connectivity index (χ4v) is 4.39. The van der Waals surface area contributed by atoms with Crippen LogP contribution < -0.4 is 0 Å². The molecule has 0 saturated carbocycles. The Morgan fingerprint density at radius 1 is 1.30 bits per heavy atom. The number of fused-ring (bicyclic) bond motifs is 2. The molecule has 142 valence electrons. The summed E-state index contributed by atoms with van der Waals surface area (Å²) in [6, 6.07) is 5.83. The molecule has 6 heteroatoms. The van der Waals surface area contributed by atoms with E-state index in [4.69, 9.17) is 9.47 Å². The van der Waals surface area contributed by atoms with Crippen LogP contribution in [-0.2, 0) is 14.3 Å². The third kappa shape index (κ3) is 2.62. The maximum atomic E-state index is 13.4. The van der Waals surface area contributed by atoms with Gasteiger partial charge in [-0.2, -0.15) is 0 Å². The zero-order valence-corrected chi connectivity index (χ0v) is 16.2. The third-order valence-electron chi connectivity index (χ3n) is 6.12. The summed E-state index contributed by atoms with van der Waals surface area (Å²) < 4.78 is 10.6. The van der Waals surface area contributed by atoms with Crippen molar-refractivity contribution in [2.45, 2.75) is 20.8 Å². The number of aryl methyl sites for hydroxylation is 3. The number of ether oxygens (including phenoxy) is 2. The standard InChI is InChI=1S/C21H24N2O4/c1-12-5-6-16-17(7-13(2)22-18(16)14(12)3)19(24)23-8-15-9-27-11-21(15,10-23)20(25)26-4/h5-7,15H,8-11H2,1-4H3/t15-,21-/m0/s1. The molecule has 2 aliphatic heterocycles. The van der Waals surface area contributed by atoms with Crippen molar-refractivity contribution >= 4 is 22.8 Å². The molecule has 2 aliphatic rings. The average molecular weight is 368 g/mol. The molecule has 0 unspecified atom stereocenters. The summed E-state index contributed by atoms with van der Waals surface area (Å²) in [5, 5.41) is 0.856. The average Bonchev–Trinajstić information content (AvgIpc) is 3.21. The molecule has 0 spiro atoms. The van der Waals surface area contributed by atoms with E-state index in [0.717, 1.165) is 27.7 Å². The van der Waals surface area contributed by atoms with Crippen LogP contribution in [0.15, 0.2) is 18.2 Å². The first-order valence-electron chi connectivity index (χ1n) is 9.20. The van der Waals surface area contributed by atoms with Gasteiger partial charge in [0.25, 0.3) is 5.91 Å². The highest BCUT2D eigenvalue weighted by Crippen LogP contribution is 2.43. The van der Waals surface area contributed by atoms with Gasteiger partial charge in [0.1, 0.15) is 5.41 Å². The van der Waals surface area contributed by atoms with Crippen molar-refractivity contribution in [3.05, 3.63) is 40.6 Å². The third-order valence-corrected chi connectivity index (χ3v) is 6.12. The minimum atomic E-state index is -0.741. The van der Waals surface area contributed by atoms with Gasteiger partial charge in [-0.15, -0.1) is 0 Å². The lowest BCUT2D eigenvalue weighted by atomic mass is 9.81. The van der Waals surface area contributed by atoms with E-state index in [1.54, 1.807) is 4.90 Å². The number of likely N-dealkylation sites (tertiary alicyclic amines) is 1. The smallest absolute Gasteiger partial charge is 0.316 e. The van der Waals surface area contributed by atoms with Gasteiger partial charge >= 0.3 is 5.97 Å². The molecule has 0 bridgehead atoms. The van der Waals surface area contributed by atoms with Crippen LogP contribution in [0, 0.1) is 32.1 Å². The number of hydrogen-bond acceptors (Lipinski definition) is 5. The molecule has 2 atom stereocenters. The number of aromatic nitrogens is 1. The van der Waals surface area contributed by atoms with Crippen LogP contribution in [0.4, 0.5) is 0 Å². The van der Waals surface area contributed by atoms with Gasteiger partial charge in [-0.3, -0.25) is 14.6 Å². The van der Waals surface area contributed by atoms with Crippen LogP contribution in [0.5, 0.6) is 0 Å². The van der Waals surface area contributed by atoms with Gasteiger partial charge in [0.05, 0.1) is 31.4 Å². The monoisotopic (exact) mass is 368 g/mol. The first-order chi connectivity index (χ1) is 12.9. The summed E-state index contributed by atoms with van der Waals surface area (Å²) in [5.41, 5.74) is 3.81. The topological polar surface area (TPSA) is 68.7 Å². The van der Waals surface area contributed by atoms with Crippen LogP contribution in [0.1, 0.15) is 27.2 Å². The van der Waals surface area contributed by atoms with E-state index < -0.39 is 5.41 Å². The normalized spacial score (nSPS) is 24.3. The highest BCUT2D eigenvalue weighted by atomic mass is 16.5. The lowest BCUT2D eigenvalue weighted by Gasteiger charge is -2.24. The minimum Gasteiger partial charge on any atom is -0.468 e. The first kappa shape index (κ1) is 17.9. The number of methoxy groups -OCH3 is 1. The molecular formula is C21H24N2O4. The molecular weight excluding hydrogens is 344 g/mol. The molecule has 0 aliphatic carbocycles. The molecule has 0 radical (unpaired) electrons. The van der Waals surface area contributed by atoms with E-state index in [0.29, 0.717) is 31.9 Å². The Bertz CT molecular complexity index is 955. The number of nitrogens with zero attached hydrogens (tertiary/aromatic N) is 2. The molecule has 6 nitrogen and oxygen atoms in total. The number of pyridine rings is 1. The summed E-state index contributed by atoms with van der Waals surface area (Å²) in [6.07, 6.45) is 0. The maximum absolute atomic E-state index is 13.4. The number of benzene rings is 1. The zero-order valence-electron chi connectivity index (χ0n) is 16.2. The van der Waals surface area contributed by atoms with Crippen LogP contribution in [0.25, 0.3) is 10.9 Å². The second-order valence-electron chi connectivity index (χ2n) is 7.76. The Kier molecular flexibility index (Phi) is 4.18. The van der Waals surface area contributed by atoms with Crippen molar-refractivity contribution < 1.29 is 19.1 Å². The van der Waals surface area contributed by atoms with Crippen LogP contribution >= 0.6 is 0 Å². The zero-order chi connectivity index (χ0) is 19.3. The van der Waals surface area contributed by atoms with Crippen molar-refractivity contribution in [3.8, 4) is 0 Å². The predicted octanol–water partition coefficient (Wildman–Crippen LogP) is 2.42. The Labute approximate surface area is 158 Å². The summed E-state index contributed by atoms with van der Waals surface area (Å²) >= 11 is 0. The van der Waals surface area contributed by atoms with Gasteiger partial charge in [0.15, 0.2) is 0 Å². The first-order valence-corrected chi connectivity index (χ1v) is 9.20. The number of carbonyl (C=O) groups excluding carboxylic acids is 2. The van der Waals surface area contributed by atoms with Crippen molar-refractivity contribution in [2.75, 3.05) is 33.4 Å². The number of hydrogen-bond donors (Lipinski definition) is 0. The molecule has 2 aromatic rings. The Morgan fingerprint density at radius 2 is 2.07 bits per heavy atom. The Balaban J connectivity index is 1.74. The second-order valence-corrected chi connectivity index (χ2v) is 7.76. The fraction of sp³-hybridized carbons (Fsp3) is 0.476. The van der Waals surface area contributed by atoms with Gasteiger partial charge in [0.2, 0.25) is 0 Å². The number of amides is 1. The molecule has 2 saturated heterocycles. The van der Waals surface area contributed by atoms with Crippen molar-refractivity contribution in [3.63, 3.8) is 0 Å². The highest BCUT2D eigenvalue weighted by molar-refractivity contribution is 6.07. The second kappa shape index (κ2) is 6.30. The molecule has 1 aromatic carbocycles. The quantitative estimate of drug-likeness (QED) is 0.762. The van der Waals surface area contributed by atoms with E-state index in [2.05, 4.69) is 4.98 Å². The van der Waals surface area contributed by atoms with Crippen LogP contribution in [0.2, 0.25) is 0 Å². The van der Waals surface area contributed by atoms with E-state index in [1.807, 2.05) is 39.0 Å². The summed E-state index contributed by atoms with van der Waals surface area (Å²) in [5.74, 6) is -0.374. The SMILES string of the molecule is COC(=O)[C@@]12COC[C@@H]1CN(C(=O)c1cc(C)nc3c(C)c(C)ccc13)C2. The van der Waals surface area contributed by atoms with E-state index in [1.165, 1.54) is 7.11 Å². The molecule has 2 fully saturated rings. The Morgan fingerprint density at radius 3 is 2.81 bits per heavy atom. The van der Waals surface area contributed by atoms with Gasteiger partial charge in [-0.1, -0.05) is 12.1 Å². The van der Waals surface area contributed by atoms with E-state index in [9.17, 15) is 9.59 Å². The summed E-state index contributed by atoms with van der Waals surface area (Å²) in [7, 11) is 1.39. The number of rotatable bonds is 2. The van der Waals surface area contributed by atoms with Crippen LogP contribution in [-0.4, -0.2) is 55.2 Å². The molecule has 0 N–H and O–H groups in total. The number of carbonyl (C=O) groups is 2. The summed E-state index contributed by atoms with van der Waals surface area (Å²) in [4.78, 5) is 32.2. The highest BCUT2D eigenvalue weighted by Gasteiger charge is 2.57. The van der Waals surface area contributed by atoms with Gasteiger partial charge in [-0.25, -0.2) is 0 Å². The Hall–Kier alpha value is -2.47. The minimum absolute atomic E-state index is 0.0212. The molecule has 3 heterocycles. The van der Waals surface area contributed by atoms with Crippen molar-refractivity contribution in [1.82, 2.24) is 9.88 Å². The van der Waals surface area contributed by atoms with Gasteiger partial charge < -0.3 is 14.4 Å². The molecule has 4 rings (SSSR count). The van der Waals surface area contributed by atoms with Gasteiger partial charge in [-0.05, 0) is 38.0 Å². The number of esters is 1. The lowest BCUT2D eigenvalue weighted by Crippen LogP contribution is -2.41. The van der Waals surface area contributed by atoms with Gasteiger partial charge in [0, 0.05) is 30.1 Å². The molecule has 1 amide bonds. The predicted molar refractivity (Wildman–Crippen MR) is 101 cm³/mol. The molecule has 1 aromatic heterocycles. The summed E-state index contributed by atoms with van der Waals surface area (Å²) in [6.45, 7) is 7.60. The van der Waals surface area contributed by atoms with Crippen LogP contribution in [0.3, 0.4) is 0 Å². The van der Waals surface area contributed by atoms with Crippen molar-refractivity contribution in [2.24, 2.45) is 11.3 Å². The van der Waals surface area contributed by atoms with E-state index in [-0.39, 0.29) is 17.8 Å². The van der Waals surface area contributed by atoms with E-state index >= 15 is 0 Å². The maximum Gasteiger partial charge on any atom is 0.316 e.